The van der Waals surface area contributed by atoms with E-state index in [1.54, 1.807) is 4.90 Å². The summed E-state index contributed by atoms with van der Waals surface area (Å²) < 4.78 is 0. The fourth-order valence-corrected chi connectivity index (χ4v) is 2.47. The molecule has 1 aliphatic rings. The second-order valence-corrected chi connectivity index (χ2v) is 5.38. The Morgan fingerprint density at radius 3 is 2.48 bits per heavy atom. The number of nitrogens with zero attached hydrogens (tertiary/aromatic N) is 1. The number of phenolic OH excluding ortho intramolecular Hbond substituents is 2. The first-order chi connectivity index (χ1) is 9.97. The molecule has 0 aliphatic carbocycles. The molecule has 0 saturated carbocycles. The third-order valence-electron chi connectivity index (χ3n) is 3.76. The molecule has 21 heavy (non-hydrogen) atoms. The molecular weight excluding hydrogens is 272 g/mol. The van der Waals surface area contributed by atoms with Gasteiger partial charge in [0.1, 0.15) is 0 Å². The van der Waals surface area contributed by atoms with E-state index in [0.29, 0.717) is 31.1 Å². The highest BCUT2D eigenvalue weighted by molar-refractivity contribution is 5.95. The van der Waals surface area contributed by atoms with Crippen LogP contribution in [0.5, 0.6) is 11.5 Å². The molecule has 1 aliphatic heterocycles. The van der Waals surface area contributed by atoms with Gasteiger partial charge in [0.05, 0.1) is 0 Å². The van der Waals surface area contributed by atoms with Gasteiger partial charge in [-0.2, -0.15) is 0 Å². The number of carbonyl (C=O) groups is 2. The van der Waals surface area contributed by atoms with Crippen LogP contribution in [0.3, 0.4) is 0 Å². The summed E-state index contributed by atoms with van der Waals surface area (Å²) in [7, 11) is 0. The molecule has 1 aromatic rings. The van der Waals surface area contributed by atoms with Gasteiger partial charge in [-0.05, 0) is 37.0 Å². The van der Waals surface area contributed by atoms with Gasteiger partial charge in [-0.3, -0.25) is 9.59 Å². The molecular formula is C15H20N2O4. The van der Waals surface area contributed by atoms with Gasteiger partial charge in [0, 0.05) is 32.1 Å². The molecule has 0 radical (unpaired) electrons. The number of hydrogen-bond donors (Lipinski definition) is 3. The quantitative estimate of drug-likeness (QED) is 0.727. The number of phenols is 2. The Hall–Kier alpha value is -2.24. The zero-order valence-corrected chi connectivity index (χ0v) is 12.0. The van der Waals surface area contributed by atoms with Gasteiger partial charge in [0.2, 0.25) is 5.91 Å². The number of piperidine rings is 1. The highest BCUT2D eigenvalue weighted by atomic mass is 16.3. The SMILES string of the molecule is CC(=O)NCC1CCN(C(=O)c2ccc(O)c(O)c2)CC1. The minimum absolute atomic E-state index is 0.0342. The number of likely N-dealkylation sites (tertiary alicyclic amines) is 1. The zero-order valence-electron chi connectivity index (χ0n) is 12.0. The summed E-state index contributed by atoms with van der Waals surface area (Å²) in [6, 6.07) is 4.09. The van der Waals surface area contributed by atoms with Crippen LogP contribution in [0.15, 0.2) is 18.2 Å². The molecule has 1 fully saturated rings. The van der Waals surface area contributed by atoms with Gasteiger partial charge in [-0.25, -0.2) is 0 Å². The first-order valence-electron chi connectivity index (χ1n) is 7.03. The molecule has 3 N–H and O–H groups in total. The maximum Gasteiger partial charge on any atom is 0.253 e. The molecule has 1 heterocycles. The zero-order chi connectivity index (χ0) is 15.4. The summed E-state index contributed by atoms with van der Waals surface area (Å²) in [5.74, 6) is -0.315. The minimum atomic E-state index is -0.290. The highest BCUT2D eigenvalue weighted by Gasteiger charge is 2.24. The third-order valence-corrected chi connectivity index (χ3v) is 3.76. The summed E-state index contributed by atoms with van der Waals surface area (Å²) in [5.41, 5.74) is 0.366. The number of rotatable bonds is 3. The fourth-order valence-electron chi connectivity index (χ4n) is 2.47. The number of aromatic hydroxyl groups is 2. The van der Waals surface area contributed by atoms with Crippen LogP contribution >= 0.6 is 0 Å². The van der Waals surface area contributed by atoms with E-state index in [2.05, 4.69) is 5.32 Å². The van der Waals surface area contributed by atoms with E-state index in [9.17, 15) is 19.8 Å². The van der Waals surface area contributed by atoms with E-state index < -0.39 is 0 Å². The lowest BCUT2D eigenvalue weighted by Gasteiger charge is -2.32. The first-order valence-corrected chi connectivity index (χ1v) is 7.03. The van der Waals surface area contributed by atoms with Gasteiger partial charge in [-0.15, -0.1) is 0 Å². The molecule has 2 rings (SSSR count). The normalized spacial score (nSPS) is 15.8. The van der Waals surface area contributed by atoms with E-state index in [1.165, 1.54) is 25.1 Å². The fraction of sp³-hybridized carbons (Fsp3) is 0.467. The summed E-state index contributed by atoms with van der Waals surface area (Å²) in [6.45, 7) is 3.41. The van der Waals surface area contributed by atoms with Crippen LogP contribution in [0.2, 0.25) is 0 Å². The summed E-state index contributed by atoms with van der Waals surface area (Å²) in [4.78, 5) is 24.9. The smallest absolute Gasteiger partial charge is 0.253 e. The first kappa shape index (κ1) is 15.2. The van der Waals surface area contributed by atoms with Crippen molar-refractivity contribution in [1.29, 1.82) is 0 Å². The number of benzene rings is 1. The molecule has 2 amide bonds. The van der Waals surface area contributed by atoms with E-state index in [0.717, 1.165) is 12.8 Å². The summed E-state index contributed by atoms with van der Waals surface area (Å²) in [5, 5.41) is 21.5. The van der Waals surface area contributed by atoms with Crippen molar-refractivity contribution in [1.82, 2.24) is 10.2 Å². The average molecular weight is 292 g/mol. The number of carbonyl (C=O) groups excluding carboxylic acids is 2. The van der Waals surface area contributed by atoms with Crippen molar-refractivity contribution in [2.75, 3.05) is 19.6 Å². The average Bonchev–Trinajstić information content (AvgIpc) is 2.48. The van der Waals surface area contributed by atoms with Crippen molar-refractivity contribution in [2.24, 2.45) is 5.92 Å². The van der Waals surface area contributed by atoms with Crippen molar-refractivity contribution >= 4 is 11.8 Å². The van der Waals surface area contributed by atoms with E-state index in [-0.39, 0.29) is 23.3 Å². The maximum absolute atomic E-state index is 12.3. The maximum atomic E-state index is 12.3. The molecule has 0 unspecified atom stereocenters. The van der Waals surface area contributed by atoms with Crippen LogP contribution in [0.1, 0.15) is 30.1 Å². The predicted molar refractivity (Wildman–Crippen MR) is 77.1 cm³/mol. The van der Waals surface area contributed by atoms with Gasteiger partial charge in [0.25, 0.3) is 5.91 Å². The lowest BCUT2D eigenvalue weighted by Crippen LogP contribution is -2.41. The Kier molecular flexibility index (Phi) is 4.67. The Labute approximate surface area is 123 Å². The molecule has 0 atom stereocenters. The largest absolute Gasteiger partial charge is 0.504 e. The lowest BCUT2D eigenvalue weighted by molar-refractivity contribution is -0.119. The standard InChI is InChI=1S/C15H20N2O4/c1-10(18)16-9-11-4-6-17(7-5-11)15(21)12-2-3-13(19)14(20)8-12/h2-3,8,11,19-20H,4-7,9H2,1H3,(H,16,18). The van der Waals surface area contributed by atoms with Crippen LogP contribution in [0, 0.1) is 5.92 Å². The summed E-state index contributed by atoms with van der Waals surface area (Å²) in [6.07, 6.45) is 1.69. The molecule has 1 saturated heterocycles. The molecule has 1 aromatic carbocycles. The van der Waals surface area contributed by atoms with Crippen molar-refractivity contribution in [3.8, 4) is 11.5 Å². The monoisotopic (exact) mass is 292 g/mol. The Morgan fingerprint density at radius 2 is 1.90 bits per heavy atom. The molecule has 0 bridgehead atoms. The van der Waals surface area contributed by atoms with E-state index >= 15 is 0 Å². The molecule has 6 heteroatoms. The van der Waals surface area contributed by atoms with E-state index in [4.69, 9.17) is 0 Å². The molecule has 0 aromatic heterocycles. The van der Waals surface area contributed by atoms with Gasteiger partial charge in [0.15, 0.2) is 11.5 Å². The highest BCUT2D eigenvalue weighted by Crippen LogP contribution is 2.26. The molecule has 114 valence electrons. The van der Waals surface area contributed by atoms with Gasteiger partial charge < -0.3 is 20.4 Å². The number of nitrogens with one attached hydrogen (secondary N) is 1. The second-order valence-electron chi connectivity index (χ2n) is 5.38. The number of hydrogen-bond acceptors (Lipinski definition) is 4. The molecule has 6 nitrogen and oxygen atoms in total. The van der Waals surface area contributed by atoms with Crippen molar-refractivity contribution in [2.45, 2.75) is 19.8 Å². The van der Waals surface area contributed by atoms with Crippen LogP contribution in [-0.4, -0.2) is 46.6 Å². The third kappa shape index (κ3) is 3.87. The van der Waals surface area contributed by atoms with Gasteiger partial charge >= 0.3 is 0 Å². The minimum Gasteiger partial charge on any atom is -0.504 e. The number of amides is 2. The van der Waals surface area contributed by atoms with Crippen LogP contribution in [0.4, 0.5) is 0 Å². The predicted octanol–water partition coefficient (Wildman–Crippen LogP) is 1.09. The van der Waals surface area contributed by atoms with E-state index in [1.807, 2.05) is 0 Å². The van der Waals surface area contributed by atoms with Crippen LogP contribution < -0.4 is 5.32 Å². The van der Waals surface area contributed by atoms with Crippen LogP contribution in [-0.2, 0) is 4.79 Å². The van der Waals surface area contributed by atoms with Crippen molar-refractivity contribution in [3.05, 3.63) is 23.8 Å². The van der Waals surface area contributed by atoms with Gasteiger partial charge in [-0.1, -0.05) is 0 Å². The van der Waals surface area contributed by atoms with Crippen LogP contribution in [0.25, 0.3) is 0 Å². The molecule has 0 spiro atoms. The topological polar surface area (TPSA) is 89.9 Å². The van der Waals surface area contributed by atoms with Crippen molar-refractivity contribution < 1.29 is 19.8 Å². The Balaban J connectivity index is 1.90. The Morgan fingerprint density at radius 1 is 1.24 bits per heavy atom. The van der Waals surface area contributed by atoms with Crippen molar-refractivity contribution in [3.63, 3.8) is 0 Å². The second kappa shape index (κ2) is 6.47. The lowest BCUT2D eigenvalue weighted by atomic mass is 9.96. The Bertz CT molecular complexity index is 536. The summed E-state index contributed by atoms with van der Waals surface area (Å²) >= 11 is 0.